The molecule has 3 rings (SSSR count). The van der Waals surface area contributed by atoms with Crippen LogP contribution in [-0.4, -0.2) is 57.5 Å². The Balaban J connectivity index is 1.86. The molecule has 0 saturated carbocycles. The first kappa shape index (κ1) is 23.8. The Labute approximate surface area is 192 Å². The van der Waals surface area contributed by atoms with Crippen LogP contribution in [0, 0.1) is 11.3 Å². The largest absolute Gasteiger partial charge is 0.481 e. The molecule has 11 nitrogen and oxygen atoms in total. The van der Waals surface area contributed by atoms with Gasteiger partial charge in [0.15, 0.2) is 5.82 Å². The van der Waals surface area contributed by atoms with Gasteiger partial charge in [-0.15, -0.1) is 0 Å². The van der Waals surface area contributed by atoms with Crippen LogP contribution in [0.25, 0.3) is 0 Å². The summed E-state index contributed by atoms with van der Waals surface area (Å²) in [6.07, 6.45) is 2.25. The number of amides is 2. The van der Waals surface area contributed by atoms with Crippen LogP contribution in [0.3, 0.4) is 0 Å². The second-order valence-electron chi connectivity index (χ2n) is 8.92. The second kappa shape index (κ2) is 9.36. The van der Waals surface area contributed by atoms with Gasteiger partial charge < -0.3 is 25.4 Å². The zero-order chi connectivity index (χ0) is 24.2. The van der Waals surface area contributed by atoms with Crippen LogP contribution in [0.5, 0.6) is 5.88 Å². The maximum atomic E-state index is 12.5. The van der Waals surface area contributed by atoms with Crippen LogP contribution in [0.4, 0.5) is 16.4 Å². The van der Waals surface area contributed by atoms with Crippen molar-refractivity contribution >= 4 is 23.6 Å². The topological polar surface area (TPSA) is 148 Å². The van der Waals surface area contributed by atoms with Crippen molar-refractivity contribution in [2.75, 3.05) is 25.5 Å². The average Bonchev–Trinajstić information content (AvgIpc) is 3.18. The molecule has 2 aromatic heterocycles. The van der Waals surface area contributed by atoms with Gasteiger partial charge in [0.05, 0.1) is 25.1 Å². The van der Waals surface area contributed by atoms with Gasteiger partial charge in [-0.25, -0.2) is 4.79 Å². The number of hydrogen-bond donors (Lipinski definition) is 2. The van der Waals surface area contributed by atoms with Crippen molar-refractivity contribution in [2.45, 2.75) is 51.2 Å². The highest BCUT2D eigenvalue weighted by molar-refractivity contribution is 5.98. The van der Waals surface area contributed by atoms with Gasteiger partial charge in [0, 0.05) is 25.4 Å². The summed E-state index contributed by atoms with van der Waals surface area (Å²) >= 11 is 0. The quantitative estimate of drug-likeness (QED) is 0.675. The van der Waals surface area contributed by atoms with E-state index >= 15 is 0 Å². The molecule has 1 aliphatic rings. The lowest BCUT2D eigenvalue weighted by atomic mass is 9.85. The van der Waals surface area contributed by atoms with E-state index in [4.69, 9.17) is 15.2 Å². The molecule has 2 aromatic rings. The number of aromatic nitrogens is 3. The zero-order valence-corrected chi connectivity index (χ0v) is 19.3. The molecule has 1 aliphatic heterocycles. The zero-order valence-electron chi connectivity index (χ0n) is 19.3. The molecular formula is C22H29N7O4. The van der Waals surface area contributed by atoms with Gasteiger partial charge in [0.2, 0.25) is 5.88 Å². The minimum Gasteiger partial charge on any atom is -0.481 e. The summed E-state index contributed by atoms with van der Waals surface area (Å²) in [4.78, 5) is 30.5. The molecule has 0 spiro atoms. The van der Waals surface area contributed by atoms with Gasteiger partial charge in [0.1, 0.15) is 17.0 Å². The Kier molecular flexibility index (Phi) is 6.76. The number of ether oxygens (including phenoxy) is 2. The van der Waals surface area contributed by atoms with E-state index in [2.05, 4.69) is 21.5 Å². The van der Waals surface area contributed by atoms with Crippen molar-refractivity contribution in [1.29, 1.82) is 5.26 Å². The third-order valence-electron chi connectivity index (χ3n) is 5.40. The number of rotatable bonds is 6. The number of nitrogens with zero attached hydrogens (tertiary/aromatic N) is 5. The number of carbonyl (C=O) groups excluding carboxylic acids is 2. The summed E-state index contributed by atoms with van der Waals surface area (Å²) in [5.41, 5.74) is 4.48. The number of nitrogens with one attached hydrogen (secondary N) is 1. The third-order valence-corrected chi connectivity index (χ3v) is 5.40. The van der Waals surface area contributed by atoms with E-state index in [0.29, 0.717) is 37.6 Å². The summed E-state index contributed by atoms with van der Waals surface area (Å²) in [6, 6.07) is 7.37. The van der Waals surface area contributed by atoms with E-state index in [0.717, 1.165) is 0 Å². The van der Waals surface area contributed by atoms with Crippen LogP contribution >= 0.6 is 0 Å². The molecule has 11 heteroatoms. The summed E-state index contributed by atoms with van der Waals surface area (Å²) in [5, 5.41) is 17.1. The van der Waals surface area contributed by atoms with Crippen molar-refractivity contribution in [2.24, 2.45) is 5.73 Å². The van der Waals surface area contributed by atoms with Gasteiger partial charge >= 0.3 is 6.09 Å². The fraction of sp³-hybridized carbons (Fsp3) is 0.500. The highest BCUT2D eigenvalue weighted by Gasteiger charge is 2.40. The Morgan fingerprint density at radius 2 is 2.00 bits per heavy atom. The van der Waals surface area contributed by atoms with Crippen LogP contribution < -0.4 is 15.8 Å². The van der Waals surface area contributed by atoms with Gasteiger partial charge in [-0.3, -0.25) is 9.48 Å². The first-order valence-corrected chi connectivity index (χ1v) is 10.6. The molecule has 0 aromatic carbocycles. The molecule has 176 valence electrons. The molecule has 1 saturated heterocycles. The predicted molar refractivity (Wildman–Crippen MR) is 120 cm³/mol. The molecular weight excluding hydrogens is 426 g/mol. The summed E-state index contributed by atoms with van der Waals surface area (Å²) in [6.45, 7) is 6.23. The average molecular weight is 456 g/mol. The molecule has 0 unspecified atom stereocenters. The van der Waals surface area contributed by atoms with Crippen molar-refractivity contribution in [3.63, 3.8) is 0 Å². The number of likely N-dealkylation sites (tertiary alicyclic amines) is 1. The second-order valence-corrected chi connectivity index (χ2v) is 8.92. The number of carbonyl (C=O) groups is 2. The molecule has 1 fully saturated rings. The van der Waals surface area contributed by atoms with E-state index in [1.54, 1.807) is 34.0 Å². The Hall–Kier alpha value is -3.81. The number of nitriles is 1. The fourth-order valence-electron chi connectivity index (χ4n) is 3.68. The van der Waals surface area contributed by atoms with Crippen LogP contribution in [0.1, 0.15) is 50.4 Å². The first-order valence-electron chi connectivity index (χ1n) is 10.6. The third kappa shape index (κ3) is 5.52. The molecule has 0 aliphatic carbocycles. The standard InChI is InChI=1S/C22H29N7O4/c1-21(2,3)33-20(31)28-12-9-22(8-11-23,10-13-28)29-14-15(18(24)30)19(27-29)26-16-6-5-7-17(25-16)32-4/h5-7,14H,8-10,12-13H2,1-4H3,(H2,24,30)(H,25,26,27). The SMILES string of the molecule is COc1cccc(Nc2nn(C3(CC#N)CCN(C(=O)OC(C)(C)C)CC3)cc2C(N)=O)n1. The van der Waals surface area contributed by atoms with E-state index in [9.17, 15) is 14.9 Å². The molecule has 3 heterocycles. The van der Waals surface area contributed by atoms with Crippen molar-refractivity contribution in [3.05, 3.63) is 30.0 Å². The minimum absolute atomic E-state index is 0.159. The molecule has 0 radical (unpaired) electrons. The molecule has 0 bridgehead atoms. The lowest BCUT2D eigenvalue weighted by molar-refractivity contribution is 0.0105. The van der Waals surface area contributed by atoms with Gasteiger partial charge in [-0.05, 0) is 39.7 Å². The first-order chi connectivity index (χ1) is 15.6. The van der Waals surface area contributed by atoms with E-state index in [1.165, 1.54) is 7.11 Å². The van der Waals surface area contributed by atoms with E-state index in [-0.39, 0.29) is 17.8 Å². The van der Waals surface area contributed by atoms with Crippen LogP contribution in [0.15, 0.2) is 24.4 Å². The number of nitrogens with two attached hydrogens (primary N) is 1. The van der Waals surface area contributed by atoms with Gasteiger partial charge in [0.25, 0.3) is 5.91 Å². The monoisotopic (exact) mass is 455 g/mol. The van der Waals surface area contributed by atoms with E-state index < -0.39 is 23.1 Å². The maximum Gasteiger partial charge on any atom is 0.410 e. The van der Waals surface area contributed by atoms with Crippen LogP contribution in [-0.2, 0) is 10.3 Å². The van der Waals surface area contributed by atoms with Gasteiger partial charge in [-0.1, -0.05) is 6.07 Å². The number of pyridine rings is 1. The number of piperidine rings is 1. The maximum absolute atomic E-state index is 12.5. The molecule has 3 N–H and O–H groups in total. The smallest absolute Gasteiger partial charge is 0.410 e. The normalized spacial score (nSPS) is 15.4. The number of primary amides is 1. The van der Waals surface area contributed by atoms with Crippen molar-refractivity contribution in [1.82, 2.24) is 19.7 Å². The fourth-order valence-corrected chi connectivity index (χ4v) is 3.68. The molecule has 2 amide bonds. The van der Waals surface area contributed by atoms with Gasteiger partial charge in [-0.2, -0.15) is 15.3 Å². The highest BCUT2D eigenvalue weighted by atomic mass is 16.6. The van der Waals surface area contributed by atoms with E-state index in [1.807, 2.05) is 20.8 Å². The Morgan fingerprint density at radius 3 is 2.58 bits per heavy atom. The predicted octanol–water partition coefficient (Wildman–Crippen LogP) is 2.77. The number of anilines is 2. The number of methoxy groups -OCH3 is 1. The lowest BCUT2D eigenvalue weighted by Gasteiger charge is -2.40. The lowest BCUT2D eigenvalue weighted by Crippen LogP contribution is -2.49. The van der Waals surface area contributed by atoms with Crippen LogP contribution in [0.2, 0.25) is 0 Å². The van der Waals surface area contributed by atoms with Crippen molar-refractivity contribution < 1.29 is 19.1 Å². The Morgan fingerprint density at radius 1 is 1.30 bits per heavy atom. The summed E-state index contributed by atoms with van der Waals surface area (Å²) in [5.74, 6) is 0.395. The highest BCUT2D eigenvalue weighted by Crippen LogP contribution is 2.35. The number of hydrogen-bond acceptors (Lipinski definition) is 8. The minimum atomic E-state index is -0.695. The molecule has 0 atom stereocenters. The summed E-state index contributed by atoms with van der Waals surface area (Å²) < 4.78 is 12.2. The Bertz CT molecular complexity index is 1060. The summed E-state index contributed by atoms with van der Waals surface area (Å²) in [7, 11) is 1.50. The van der Waals surface area contributed by atoms with Crippen molar-refractivity contribution in [3.8, 4) is 11.9 Å². The molecule has 33 heavy (non-hydrogen) atoms.